The minimum absolute atomic E-state index is 0.0894. The second-order valence-corrected chi connectivity index (χ2v) is 25.0. The molecule has 14 aromatic rings. The molecule has 0 aliphatic carbocycles. The molecule has 0 aliphatic rings. The van der Waals surface area contributed by atoms with Gasteiger partial charge < -0.3 is 38.3 Å². The van der Waals surface area contributed by atoms with E-state index in [0.29, 0.717) is 11.1 Å². The molecular weight excluding hydrogens is 1280 g/mol. The topological polar surface area (TPSA) is 216 Å². The minimum atomic E-state index is -1.23. The molecule has 520 valence electrons. The van der Waals surface area contributed by atoms with Crippen molar-refractivity contribution in [1.82, 2.24) is 0 Å². The number of rotatable bonds is 10. The lowest BCUT2D eigenvalue weighted by Crippen LogP contribution is -2.03. The van der Waals surface area contributed by atoms with Crippen LogP contribution >= 0.6 is 0 Å². The molecule has 0 spiro atoms. The van der Waals surface area contributed by atoms with Crippen LogP contribution in [0.3, 0.4) is 0 Å². The van der Waals surface area contributed by atoms with E-state index in [1.165, 1.54) is 114 Å². The van der Waals surface area contributed by atoms with Crippen molar-refractivity contribution in [2.75, 3.05) is 22.9 Å². The van der Waals surface area contributed by atoms with E-state index in [9.17, 15) is 14.4 Å². The average Bonchev–Trinajstić information content (AvgIpc) is 0.775. The summed E-state index contributed by atoms with van der Waals surface area (Å²) < 4.78 is 0. The lowest BCUT2D eigenvalue weighted by atomic mass is 9.98. The van der Waals surface area contributed by atoms with Crippen LogP contribution in [-0.2, 0) is 0 Å². The first-order valence-electron chi connectivity index (χ1n) is 34.0. The Hall–Kier alpha value is -13.3. The molecule has 0 aliphatic heterocycles. The van der Waals surface area contributed by atoms with Crippen molar-refractivity contribution in [2.24, 2.45) is 0 Å². The first-order valence-corrected chi connectivity index (χ1v) is 34.0. The van der Waals surface area contributed by atoms with E-state index in [1.54, 1.807) is 0 Å². The number of para-hydroxylation sites is 1. The molecule has 10 nitrogen and oxygen atoms in total. The van der Waals surface area contributed by atoms with E-state index in [4.69, 9.17) is 38.3 Å². The van der Waals surface area contributed by atoms with Crippen LogP contribution in [0.2, 0.25) is 0 Å². The molecule has 104 heavy (non-hydrogen) atoms. The van der Waals surface area contributed by atoms with Gasteiger partial charge in [0.15, 0.2) is 0 Å². The van der Waals surface area contributed by atoms with Gasteiger partial charge in [0.1, 0.15) is 0 Å². The molecule has 0 fully saturated rings. The summed E-state index contributed by atoms with van der Waals surface area (Å²) in [4.78, 5) is 32.8. The zero-order valence-electron chi connectivity index (χ0n) is 59.7. The van der Waals surface area contributed by atoms with Gasteiger partial charge in [0.05, 0.1) is 16.7 Å². The highest BCUT2D eigenvalue weighted by Gasteiger charge is 2.14. The first kappa shape index (κ1) is 76.4. The second kappa shape index (κ2) is 38.3. The number of carboxylic acid groups (broad SMARTS) is 3. The molecule has 0 amide bonds. The lowest BCUT2D eigenvalue weighted by molar-refractivity contribution is 0.0682. The Labute approximate surface area is 611 Å². The number of carbonyl (C=O) groups is 3. The number of anilines is 4. The zero-order valence-corrected chi connectivity index (χ0v) is 59.7. The van der Waals surface area contributed by atoms with Crippen LogP contribution in [0.15, 0.2) is 340 Å². The summed E-state index contributed by atoms with van der Waals surface area (Å²) in [5, 5.41) is 26.8. The molecular formula is C94H88N4O6. The predicted molar refractivity (Wildman–Crippen MR) is 435 cm³/mol. The molecule has 14 aromatic carbocycles. The first-order chi connectivity index (χ1) is 50.1. The second-order valence-electron chi connectivity index (χ2n) is 25.0. The van der Waals surface area contributed by atoms with Crippen LogP contribution in [0.1, 0.15) is 70.0 Å². The molecule has 14 rings (SSSR count). The number of aromatic carboxylic acids is 3. The molecule has 0 bridgehead atoms. The molecule has 0 saturated carbocycles. The Kier molecular flexibility index (Phi) is 28.2. The molecule has 0 saturated heterocycles. The number of nitrogen functional groups attached to an aromatic ring is 4. The summed E-state index contributed by atoms with van der Waals surface area (Å²) >= 11 is 0. The van der Waals surface area contributed by atoms with Gasteiger partial charge in [-0.15, -0.1) is 0 Å². The Balaban J connectivity index is 0.000000155. The van der Waals surface area contributed by atoms with E-state index in [2.05, 4.69) is 224 Å². The lowest BCUT2D eigenvalue weighted by Gasteiger charge is -2.10. The maximum absolute atomic E-state index is 11.0. The third-order valence-electron chi connectivity index (χ3n) is 16.8. The Morgan fingerprint density at radius 2 is 0.519 bits per heavy atom. The van der Waals surface area contributed by atoms with Crippen molar-refractivity contribution in [3.8, 4) is 77.9 Å². The molecule has 10 heteroatoms. The maximum atomic E-state index is 11.0. The minimum Gasteiger partial charge on any atom is -0.478 e. The van der Waals surface area contributed by atoms with Crippen LogP contribution in [0, 0.1) is 48.5 Å². The van der Waals surface area contributed by atoms with Gasteiger partial charge in [0.25, 0.3) is 0 Å². The highest BCUT2D eigenvalue weighted by atomic mass is 16.4. The molecule has 0 aromatic heterocycles. The standard InChI is InChI=1S/C15H10O6.C15H16.2C14H15N.2C12H11N.C12H10/c16-13(17)9-3-1-8(2-4-9)10-5-11(14(18)19)7-12(6-10)15(20)21;1-11-4-6-14(7-5-11)15-9-12(2)8-13(3)10-15;1-10-8-13(9-11(2)14(10)15)12-6-4-3-5-7-12;1-10-8-11(2)14(15)13(9-10)12-6-4-3-5-7-12;13-12-9-5-4-8-11(12)10-6-2-1-3-7-10;13-12-8-6-11(7-9-12)10-4-2-1-3-5-10;1-3-7-11(8-4-1)12-9-5-2-6-10-12/h1-7H,(H,16,17)(H,18,19)(H,20,21);4-10H,1-3H3;2*3-9H,15H2,1-2H3;2*1-9H,13H2;1-10H. The Morgan fingerprint density at radius 1 is 0.221 bits per heavy atom. The van der Waals surface area contributed by atoms with Gasteiger partial charge in [0.2, 0.25) is 0 Å². The summed E-state index contributed by atoms with van der Waals surface area (Å²) in [5.41, 5.74) is 50.9. The summed E-state index contributed by atoms with van der Waals surface area (Å²) in [7, 11) is 0. The highest BCUT2D eigenvalue weighted by Crippen LogP contribution is 2.32. The fourth-order valence-corrected chi connectivity index (χ4v) is 11.3. The highest BCUT2D eigenvalue weighted by molar-refractivity contribution is 5.96. The molecule has 11 N–H and O–H groups in total. The van der Waals surface area contributed by atoms with Crippen molar-refractivity contribution in [1.29, 1.82) is 0 Å². The molecule has 0 atom stereocenters. The van der Waals surface area contributed by atoms with Crippen molar-refractivity contribution < 1.29 is 29.7 Å². The summed E-state index contributed by atoms with van der Waals surface area (Å²) in [6.45, 7) is 14.7. The van der Waals surface area contributed by atoms with Gasteiger partial charge in [-0.05, 0) is 199 Å². The van der Waals surface area contributed by atoms with E-state index in [1.807, 2.05) is 121 Å². The number of carboxylic acids is 3. The van der Waals surface area contributed by atoms with Gasteiger partial charge in [-0.3, -0.25) is 0 Å². The third-order valence-corrected chi connectivity index (χ3v) is 16.8. The number of hydrogen-bond donors (Lipinski definition) is 7. The Morgan fingerprint density at radius 3 is 0.923 bits per heavy atom. The zero-order chi connectivity index (χ0) is 74.5. The molecule has 0 heterocycles. The SMILES string of the molecule is Cc1cc(-c2ccccc2)cc(C)c1N.Cc1cc(C)c(N)c(-c2ccccc2)c1.Cc1ccc(-c2cc(C)cc(C)c2)cc1.Nc1ccc(-c2ccccc2)cc1.Nc1ccccc1-c1ccccc1.O=C(O)c1ccc(-c2cc(C(=O)O)cc(C(=O)O)c2)cc1.c1ccc(-c2ccccc2)cc1. The quantitative estimate of drug-likeness (QED) is 0.0643. The van der Waals surface area contributed by atoms with Crippen molar-refractivity contribution >= 4 is 40.7 Å². The van der Waals surface area contributed by atoms with Gasteiger partial charge in [-0.1, -0.05) is 295 Å². The Bertz CT molecular complexity index is 4940. The molecule has 0 radical (unpaired) electrons. The normalized spacial score (nSPS) is 10.1. The third kappa shape index (κ3) is 23.1. The summed E-state index contributed by atoms with van der Waals surface area (Å²) in [5.74, 6) is -3.55. The number of aryl methyl sites for hydroxylation is 7. The number of nitrogens with two attached hydrogens (primary N) is 4. The van der Waals surface area contributed by atoms with E-state index >= 15 is 0 Å². The number of hydrogen-bond acceptors (Lipinski definition) is 7. The smallest absolute Gasteiger partial charge is 0.335 e. The fraction of sp³-hybridized carbons (Fsp3) is 0.0745. The van der Waals surface area contributed by atoms with Crippen LogP contribution < -0.4 is 22.9 Å². The summed E-state index contributed by atoms with van der Waals surface area (Å²) in [6, 6.07) is 111. The monoisotopic (exact) mass is 1370 g/mol. The average molecular weight is 1370 g/mol. The van der Waals surface area contributed by atoms with Crippen molar-refractivity contribution in [2.45, 2.75) is 48.5 Å². The van der Waals surface area contributed by atoms with Gasteiger partial charge in [0, 0.05) is 33.9 Å². The molecule has 0 unspecified atom stereocenters. The predicted octanol–water partition coefficient (Wildman–Crippen LogP) is 23.1. The van der Waals surface area contributed by atoms with Crippen LogP contribution in [-0.4, -0.2) is 33.2 Å². The van der Waals surface area contributed by atoms with Gasteiger partial charge in [-0.2, -0.15) is 0 Å². The largest absolute Gasteiger partial charge is 0.478 e. The maximum Gasteiger partial charge on any atom is 0.335 e. The fourth-order valence-electron chi connectivity index (χ4n) is 11.3. The van der Waals surface area contributed by atoms with Crippen molar-refractivity contribution in [3.63, 3.8) is 0 Å². The van der Waals surface area contributed by atoms with E-state index in [-0.39, 0.29) is 16.7 Å². The summed E-state index contributed by atoms with van der Waals surface area (Å²) in [6.07, 6.45) is 0. The van der Waals surface area contributed by atoms with E-state index < -0.39 is 17.9 Å². The van der Waals surface area contributed by atoms with Crippen LogP contribution in [0.5, 0.6) is 0 Å². The van der Waals surface area contributed by atoms with Gasteiger partial charge in [-0.25, -0.2) is 14.4 Å². The number of benzene rings is 14. The van der Waals surface area contributed by atoms with Gasteiger partial charge >= 0.3 is 17.9 Å². The van der Waals surface area contributed by atoms with Crippen LogP contribution in [0.25, 0.3) is 77.9 Å². The van der Waals surface area contributed by atoms with Crippen molar-refractivity contribution in [3.05, 3.63) is 395 Å². The van der Waals surface area contributed by atoms with Crippen LogP contribution in [0.4, 0.5) is 22.7 Å². The van der Waals surface area contributed by atoms with E-state index in [0.717, 1.165) is 56.6 Å².